The molecule has 0 aliphatic carbocycles. The van der Waals surface area contributed by atoms with Crippen molar-refractivity contribution in [3.8, 4) is 11.5 Å². The first kappa shape index (κ1) is 24.8. The number of halogens is 1. The van der Waals surface area contributed by atoms with Gasteiger partial charge < -0.3 is 20.1 Å². The molecular weight excluding hydrogens is 435 g/mol. The number of primary amides is 1. The van der Waals surface area contributed by atoms with Gasteiger partial charge in [0.2, 0.25) is 0 Å². The molecule has 0 aliphatic heterocycles. The van der Waals surface area contributed by atoms with Crippen molar-refractivity contribution >= 4 is 12.0 Å². The third kappa shape index (κ3) is 7.33. The van der Waals surface area contributed by atoms with Crippen LogP contribution >= 0.6 is 0 Å². The van der Waals surface area contributed by atoms with Gasteiger partial charge in [-0.05, 0) is 62.6 Å². The summed E-state index contributed by atoms with van der Waals surface area (Å²) in [7, 11) is 0. The molecule has 2 amide bonds. The molecule has 178 valence electrons. The van der Waals surface area contributed by atoms with Crippen LogP contribution in [-0.2, 0) is 17.7 Å². The lowest BCUT2D eigenvalue weighted by molar-refractivity contribution is 0.0235. The second-order valence-corrected chi connectivity index (χ2v) is 8.89. The van der Waals surface area contributed by atoms with Gasteiger partial charge in [-0.25, -0.2) is 9.18 Å². The lowest BCUT2D eigenvalue weighted by atomic mass is 10.1. The predicted octanol–water partition coefficient (Wildman–Crippen LogP) is 5.70. The fourth-order valence-electron chi connectivity index (χ4n) is 3.25. The molecule has 34 heavy (non-hydrogen) atoms. The molecule has 3 rings (SSSR count). The first-order valence-electron chi connectivity index (χ1n) is 11.0. The maximum Gasteiger partial charge on any atom is 0.410 e. The van der Waals surface area contributed by atoms with Crippen molar-refractivity contribution in [3.05, 3.63) is 95.3 Å². The van der Waals surface area contributed by atoms with E-state index in [0.717, 1.165) is 17.2 Å². The van der Waals surface area contributed by atoms with E-state index in [4.69, 9.17) is 15.2 Å². The summed E-state index contributed by atoms with van der Waals surface area (Å²) in [5.41, 5.74) is 6.38. The predicted molar refractivity (Wildman–Crippen MR) is 128 cm³/mol. The van der Waals surface area contributed by atoms with Crippen molar-refractivity contribution in [2.75, 3.05) is 6.54 Å². The molecule has 3 aromatic rings. The fraction of sp³-hybridized carbons (Fsp3) is 0.259. The summed E-state index contributed by atoms with van der Waals surface area (Å²) in [4.78, 5) is 25.6. The summed E-state index contributed by atoms with van der Waals surface area (Å²) in [6.45, 7) is 6.46. The maximum atomic E-state index is 13.9. The minimum atomic E-state index is -0.832. The quantitative estimate of drug-likeness (QED) is 0.464. The first-order valence-corrected chi connectivity index (χ1v) is 11.0. The molecule has 0 heterocycles. The Hall–Kier alpha value is -3.87. The van der Waals surface area contributed by atoms with Gasteiger partial charge in [-0.2, -0.15) is 0 Å². The van der Waals surface area contributed by atoms with E-state index >= 15 is 0 Å². The number of carbonyl (C=O) groups is 2. The Morgan fingerprint density at radius 1 is 0.912 bits per heavy atom. The lowest BCUT2D eigenvalue weighted by Gasteiger charge is -2.27. The number of amides is 2. The summed E-state index contributed by atoms with van der Waals surface area (Å²) in [5.74, 6) is -0.791. The van der Waals surface area contributed by atoms with E-state index < -0.39 is 17.3 Å². The van der Waals surface area contributed by atoms with Crippen molar-refractivity contribution < 1.29 is 23.5 Å². The van der Waals surface area contributed by atoms with Crippen molar-refractivity contribution in [2.45, 2.75) is 39.3 Å². The van der Waals surface area contributed by atoms with Gasteiger partial charge in [-0.1, -0.05) is 42.5 Å². The van der Waals surface area contributed by atoms with Gasteiger partial charge >= 0.3 is 6.09 Å². The molecule has 7 heteroatoms. The van der Waals surface area contributed by atoms with Gasteiger partial charge in [0.25, 0.3) is 5.91 Å². The van der Waals surface area contributed by atoms with Crippen LogP contribution in [0.1, 0.15) is 42.3 Å². The van der Waals surface area contributed by atoms with Crippen LogP contribution in [0.5, 0.6) is 11.5 Å². The van der Waals surface area contributed by atoms with E-state index in [2.05, 4.69) is 0 Å². The number of nitrogens with two attached hydrogens (primary N) is 1. The van der Waals surface area contributed by atoms with Crippen molar-refractivity contribution in [2.24, 2.45) is 5.73 Å². The van der Waals surface area contributed by atoms with E-state index in [-0.39, 0.29) is 17.4 Å². The Morgan fingerprint density at radius 2 is 1.56 bits per heavy atom. The highest BCUT2D eigenvalue weighted by Gasteiger charge is 2.22. The van der Waals surface area contributed by atoms with Crippen LogP contribution in [0.2, 0.25) is 0 Å². The highest BCUT2D eigenvalue weighted by molar-refractivity contribution is 5.93. The molecule has 2 N–H and O–H groups in total. The molecule has 6 nitrogen and oxygen atoms in total. The molecule has 0 spiro atoms. The molecule has 0 saturated heterocycles. The van der Waals surface area contributed by atoms with Gasteiger partial charge in [-0.15, -0.1) is 0 Å². The monoisotopic (exact) mass is 464 g/mol. The number of hydrogen-bond acceptors (Lipinski definition) is 4. The summed E-state index contributed by atoms with van der Waals surface area (Å²) in [6.07, 6.45) is 0.256. The Morgan fingerprint density at radius 3 is 2.15 bits per heavy atom. The second-order valence-electron chi connectivity index (χ2n) is 8.89. The minimum absolute atomic E-state index is 0.187. The van der Waals surface area contributed by atoms with Crippen LogP contribution in [0.3, 0.4) is 0 Å². The zero-order chi connectivity index (χ0) is 24.7. The van der Waals surface area contributed by atoms with Crippen LogP contribution in [-0.4, -0.2) is 29.0 Å². The van der Waals surface area contributed by atoms with E-state index in [1.807, 2.05) is 63.2 Å². The van der Waals surface area contributed by atoms with Crippen molar-refractivity contribution in [3.63, 3.8) is 0 Å². The zero-order valence-electron chi connectivity index (χ0n) is 19.6. The highest BCUT2D eigenvalue weighted by Crippen LogP contribution is 2.24. The van der Waals surface area contributed by atoms with Crippen molar-refractivity contribution in [1.29, 1.82) is 0 Å². The molecule has 3 aromatic carbocycles. The Balaban J connectivity index is 1.64. The van der Waals surface area contributed by atoms with E-state index in [1.54, 1.807) is 17.0 Å². The van der Waals surface area contributed by atoms with E-state index in [0.29, 0.717) is 25.3 Å². The largest absolute Gasteiger partial charge is 0.457 e. The first-order chi connectivity index (χ1) is 16.1. The van der Waals surface area contributed by atoms with Crippen LogP contribution in [0.15, 0.2) is 72.8 Å². The van der Waals surface area contributed by atoms with Crippen LogP contribution in [0.4, 0.5) is 9.18 Å². The van der Waals surface area contributed by atoms with Gasteiger partial charge in [-0.3, -0.25) is 4.79 Å². The molecule has 0 radical (unpaired) electrons. The summed E-state index contributed by atoms with van der Waals surface area (Å²) >= 11 is 0. The Bertz CT molecular complexity index is 1130. The third-order valence-electron chi connectivity index (χ3n) is 4.90. The van der Waals surface area contributed by atoms with E-state index in [9.17, 15) is 14.0 Å². The number of benzene rings is 3. The standard InChI is InChI=1S/C27H29FN2O4/c1-27(2,3)34-26(32)30(18-20-7-5-4-6-8-20)16-15-19-9-11-21(12-10-19)33-22-13-14-23(25(29)31)24(28)17-22/h4-14,17H,15-16,18H2,1-3H3,(H2,29,31). The Kier molecular flexibility index (Phi) is 7.89. The molecule has 0 saturated carbocycles. The smallest absolute Gasteiger partial charge is 0.410 e. The summed E-state index contributed by atoms with van der Waals surface area (Å²) < 4.78 is 25.2. The number of hydrogen-bond donors (Lipinski definition) is 1. The summed E-state index contributed by atoms with van der Waals surface area (Å²) in [6, 6.07) is 21.0. The van der Waals surface area contributed by atoms with Gasteiger partial charge in [0.05, 0.1) is 5.56 Å². The molecule has 0 aliphatic rings. The van der Waals surface area contributed by atoms with Gasteiger partial charge in [0.15, 0.2) is 0 Å². The van der Waals surface area contributed by atoms with E-state index in [1.165, 1.54) is 12.1 Å². The molecule has 0 bridgehead atoms. The second kappa shape index (κ2) is 10.8. The molecule has 0 aromatic heterocycles. The fourth-order valence-corrected chi connectivity index (χ4v) is 3.25. The minimum Gasteiger partial charge on any atom is -0.457 e. The van der Waals surface area contributed by atoms with Gasteiger partial charge in [0, 0.05) is 19.2 Å². The number of nitrogens with zero attached hydrogens (tertiary/aromatic N) is 1. The molecule has 0 atom stereocenters. The average Bonchev–Trinajstić information content (AvgIpc) is 2.77. The Labute approximate surface area is 199 Å². The normalized spacial score (nSPS) is 11.1. The molecule has 0 unspecified atom stereocenters. The average molecular weight is 465 g/mol. The number of rotatable bonds is 8. The third-order valence-corrected chi connectivity index (χ3v) is 4.90. The zero-order valence-corrected chi connectivity index (χ0v) is 19.6. The topological polar surface area (TPSA) is 81.9 Å². The number of carbonyl (C=O) groups excluding carboxylic acids is 2. The molecule has 0 fully saturated rings. The van der Waals surface area contributed by atoms with Crippen LogP contribution in [0, 0.1) is 5.82 Å². The SMILES string of the molecule is CC(C)(C)OC(=O)N(CCc1ccc(Oc2ccc(C(N)=O)c(F)c2)cc1)Cc1ccccc1. The van der Waals surface area contributed by atoms with Crippen LogP contribution < -0.4 is 10.5 Å². The van der Waals surface area contributed by atoms with Crippen molar-refractivity contribution in [1.82, 2.24) is 4.90 Å². The maximum absolute atomic E-state index is 13.9. The number of ether oxygens (including phenoxy) is 2. The van der Waals surface area contributed by atoms with Gasteiger partial charge in [0.1, 0.15) is 22.9 Å². The molecular formula is C27H29FN2O4. The van der Waals surface area contributed by atoms with Crippen LogP contribution in [0.25, 0.3) is 0 Å². The highest BCUT2D eigenvalue weighted by atomic mass is 19.1. The summed E-state index contributed by atoms with van der Waals surface area (Å²) in [5, 5.41) is 0. The lowest BCUT2D eigenvalue weighted by Crippen LogP contribution is -2.37.